The molecule has 0 amide bonds. The van der Waals surface area contributed by atoms with Gasteiger partial charge in [0.2, 0.25) is 0 Å². The smallest absolute Gasteiger partial charge is 0.338 e. The van der Waals surface area contributed by atoms with Gasteiger partial charge in [-0.1, -0.05) is 22.0 Å². The molecule has 1 atom stereocenters. The second-order valence-electron chi connectivity index (χ2n) is 3.56. The van der Waals surface area contributed by atoms with E-state index in [9.17, 15) is 17.6 Å². The van der Waals surface area contributed by atoms with E-state index < -0.39 is 37.3 Å². The molecule has 7 heteroatoms. The molecule has 1 aromatic rings. The molecule has 0 bridgehead atoms. The molecule has 4 nitrogen and oxygen atoms in total. The molecule has 0 aromatic heterocycles. The molecule has 1 aromatic carbocycles. The van der Waals surface area contributed by atoms with Crippen molar-refractivity contribution in [1.82, 2.24) is 0 Å². The van der Waals surface area contributed by atoms with Crippen LogP contribution in [0.15, 0.2) is 34.2 Å². The zero-order chi connectivity index (χ0) is 14.1. The maximum absolute atomic E-state index is 13.9. The van der Waals surface area contributed by atoms with Crippen molar-refractivity contribution in [3.8, 4) is 0 Å². The molecule has 0 saturated carbocycles. The van der Waals surface area contributed by atoms with E-state index in [-0.39, 0.29) is 4.47 Å². The van der Waals surface area contributed by atoms with E-state index in [0.717, 1.165) is 18.2 Å². The molecule has 98 valence electrons. The molecule has 0 spiro atoms. The molecule has 18 heavy (non-hydrogen) atoms. The first-order valence-corrected chi connectivity index (χ1v) is 7.14. The maximum Gasteiger partial charge on any atom is 0.338 e. The van der Waals surface area contributed by atoms with Crippen molar-refractivity contribution in [1.29, 1.82) is 0 Å². The van der Waals surface area contributed by atoms with Crippen molar-refractivity contribution >= 4 is 31.7 Å². The van der Waals surface area contributed by atoms with Crippen molar-refractivity contribution in [3.05, 3.63) is 40.6 Å². The van der Waals surface area contributed by atoms with Gasteiger partial charge in [-0.25, -0.2) is 17.6 Å². The number of hydrogen-bond donors (Lipinski definition) is 1. The van der Waals surface area contributed by atoms with Crippen LogP contribution in [-0.4, -0.2) is 24.7 Å². The van der Waals surface area contributed by atoms with Crippen molar-refractivity contribution in [3.63, 3.8) is 0 Å². The van der Waals surface area contributed by atoms with E-state index in [0.29, 0.717) is 0 Å². The summed E-state index contributed by atoms with van der Waals surface area (Å²) in [7, 11) is -3.98. The number of rotatable bonds is 4. The number of carboxylic acids is 1. The standard InChI is InChI=1S/C11H10BrFO4S/c1-3-6(2)18(16,17)9-5-7(12)4-8(10(9)13)11(14)15/h3-6H,1H2,2H3,(H,14,15). The number of sulfone groups is 1. The molecule has 0 aliphatic rings. The average molecular weight is 337 g/mol. The highest BCUT2D eigenvalue weighted by molar-refractivity contribution is 9.10. The summed E-state index contributed by atoms with van der Waals surface area (Å²) >= 11 is 2.96. The van der Waals surface area contributed by atoms with Crippen LogP contribution in [0.25, 0.3) is 0 Å². The normalized spacial score (nSPS) is 13.1. The highest BCUT2D eigenvalue weighted by atomic mass is 79.9. The molecule has 1 rings (SSSR count). The summed E-state index contributed by atoms with van der Waals surface area (Å²) in [5, 5.41) is 7.79. The van der Waals surface area contributed by atoms with Crippen molar-refractivity contribution in [2.45, 2.75) is 17.1 Å². The molecule has 1 N–H and O–H groups in total. The lowest BCUT2D eigenvalue weighted by Gasteiger charge is -2.11. The third kappa shape index (κ3) is 2.62. The summed E-state index contributed by atoms with van der Waals surface area (Å²) in [4.78, 5) is 10.2. The van der Waals surface area contributed by atoms with Crippen LogP contribution in [0.1, 0.15) is 17.3 Å². The Balaban J connectivity index is 3.62. The minimum absolute atomic E-state index is 0.177. The maximum atomic E-state index is 13.9. The molecule has 0 heterocycles. The van der Waals surface area contributed by atoms with Crippen LogP contribution in [0.4, 0.5) is 4.39 Å². The topological polar surface area (TPSA) is 71.4 Å². The van der Waals surface area contributed by atoms with E-state index in [1.165, 1.54) is 6.92 Å². The first-order valence-electron chi connectivity index (χ1n) is 4.80. The highest BCUT2D eigenvalue weighted by Gasteiger charge is 2.28. The summed E-state index contributed by atoms with van der Waals surface area (Å²) < 4.78 is 38.0. The summed E-state index contributed by atoms with van der Waals surface area (Å²) in [6.07, 6.45) is 1.15. The van der Waals surface area contributed by atoms with Crippen LogP contribution >= 0.6 is 15.9 Å². The lowest BCUT2D eigenvalue weighted by atomic mass is 10.2. The minimum Gasteiger partial charge on any atom is -0.478 e. The van der Waals surface area contributed by atoms with Gasteiger partial charge in [-0.2, -0.15) is 0 Å². The number of halogens is 2. The van der Waals surface area contributed by atoms with Gasteiger partial charge in [0.05, 0.1) is 10.8 Å². The van der Waals surface area contributed by atoms with Gasteiger partial charge >= 0.3 is 5.97 Å². The Hall–Kier alpha value is -1.21. The summed E-state index contributed by atoms with van der Waals surface area (Å²) in [6.45, 7) is 4.67. The zero-order valence-corrected chi connectivity index (χ0v) is 11.8. The fraction of sp³-hybridized carbons (Fsp3) is 0.182. The number of carboxylic acid groups (broad SMARTS) is 1. The second-order valence-corrected chi connectivity index (χ2v) is 6.75. The number of carbonyl (C=O) groups is 1. The van der Waals surface area contributed by atoms with Gasteiger partial charge < -0.3 is 5.11 Å². The highest BCUT2D eigenvalue weighted by Crippen LogP contribution is 2.27. The molecular weight excluding hydrogens is 327 g/mol. The Morgan fingerprint density at radius 2 is 2.11 bits per heavy atom. The van der Waals surface area contributed by atoms with Crippen molar-refractivity contribution in [2.75, 3.05) is 0 Å². The molecule has 0 radical (unpaired) electrons. The summed E-state index contributed by atoms with van der Waals surface area (Å²) in [5.74, 6) is -2.80. The van der Waals surface area contributed by atoms with Gasteiger partial charge in [0, 0.05) is 4.47 Å². The fourth-order valence-electron chi connectivity index (χ4n) is 1.25. The third-order valence-electron chi connectivity index (χ3n) is 2.36. The van der Waals surface area contributed by atoms with Crippen LogP contribution in [0.2, 0.25) is 0 Å². The lowest BCUT2D eigenvalue weighted by molar-refractivity contribution is 0.0691. The van der Waals surface area contributed by atoms with Crippen molar-refractivity contribution < 1.29 is 22.7 Å². The predicted octanol–water partition coefficient (Wildman–Crippen LogP) is 2.63. The summed E-state index contributed by atoms with van der Waals surface area (Å²) in [5.41, 5.74) is -0.695. The monoisotopic (exact) mass is 336 g/mol. The van der Waals surface area contributed by atoms with Crippen LogP contribution < -0.4 is 0 Å². The van der Waals surface area contributed by atoms with Crippen LogP contribution in [0.3, 0.4) is 0 Å². The van der Waals surface area contributed by atoms with E-state index in [1.54, 1.807) is 0 Å². The van der Waals surface area contributed by atoms with Gasteiger partial charge in [0.1, 0.15) is 4.90 Å². The van der Waals surface area contributed by atoms with E-state index in [1.807, 2.05) is 0 Å². The largest absolute Gasteiger partial charge is 0.478 e. The Bertz CT molecular complexity index is 610. The van der Waals surface area contributed by atoms with Gasteiger partial charge in [-0.3, -0.25) is 0 Å². The van der Waals surface area contributed by atoms with Crippen LogP contribution in [0, 0.1) is 5.82 Å². The van der Waals surface area contributed by atoms with E-state index in [4.69, 9.17) is 5.11 Å². The first kappa shape index (κ1) is 14.8. The van der Waals surface area contributed by atoms with Gasteiger partial charge in [0.25, 0.3) is 0 Å². The van der Waals surface area contributed by atoms with Gasteiger partial charge in [0.15, 0.2) is 15.7 Å². The first-order chi connectivity index (χ1) is 8.21. The Labute approximate surface area is 112 Å². The van der Waals surface area contributed by atoms with E-state index >= 15 is 0 Å². The second kappa shape index (κ2) is 5.19. The Kier molecular flexibility index (Phi) is 4.28. The number of hydrogen-bond acceptors (Lipinski definition) is 3. The molecule has 0 aliphatic heterocycles. The van der Waals surface area contributed by atoms with Crippen molar-refractivity contribution in [2.24, 2.45) is 0 Å². The molecule has 0 aliphatic carbocycles. The number of aromatic carboxylic acids is 1. The van der Waals surface area contributed by atoms with Crippen LogP contribution in [0.5, 0.6) is 0 Å². The van der Waals surface area contributed by atoms with Gasteiger partial charge in [-0.15, -0.1) is 6.58 Å². The zero-order valence-electron chi connectivity index (χ0n) is 9.35. The van der Waals surface area contributed by atoms with E-state index in [2.05, 4.69) is 22.5 Å². The number of benzene rings is 1. The van der Waals surface area contributed by atoms with Crippen LogP contribution in [-0.2, 0) is 9.84 Å². The molecule has 0 saturated heterocycles. The lowest BCUT2D eigenvalue weighted by Crippen LogP contribution is -2.18. The third-order valence-corrected chi connectivity index (χ3v) is 4.90. The van der Waals surface area contributed by atoms with Gasteiger partial charge in [-0.05, 0) is 19.1 Å². The quantitative estimate of drug-likeness (QED) is 0.858. The summed E-state index contributed by atoms with van der Waals surface area (Å²) in [6, 6.07) is 2.05. The predicted molar refractivity (Wildman–Crippen MR) is 67.9 cm³/mol. The Morgan fingerprint density at radius 1 is 1.56 bits per heavy atom. The Morgan fingerprint density at radius 3 is 2.56 bits per heavy atom. The fourth-order valence-corrected chi connectivity index (χ4v) is 3.17. The average Bonchev–Trinajstić information content (AvgIpc) is 2.29. The molecular formula is C11H10BrFO4S. The SMILES string of the molecule is C=CC(C)S(=O)(=O)c1cc(Br)cc(C(=O)O)c1F. The molecule has 1 unspecified atom stereocenters. The molecule has 0 fully saturated rings. The minimum atomic E-state index is -3.98.